The lowest BCUT2D eigenvalue weighted by Crippen LogP contribution is -2.21. The third kappa shape index (κ3) is 5.64. The number of benzene rings is 1. The van der Waals surface area contributed by atoms with Crippen LogP contribution in [0.2, 0.25) is 0 Å². The fourth-order valence-corrected chi connectivity index (χ4v) is 1.79. The van der Waals surface area contributed by atoms with Gasteiger partial charge in [-0.3, -0.25) is 4.79 Å². The maximum absolute atomic E-state index is 11.3. The third-order valence-corrected chi connectivity index (χ3v) is 2.99. The Bertz CT molecular complexity index is 415. The molecule has 0 aliphatic heterocycles. The van der Waals surface area contributed by atoms with E-state index in [1.807, 2.05) is 26.0 Å². The summed E-state index contributed by atoms with van der Waals surface area (Å²) in [5.41, 5.74) is 1.41. The Morgan fingerprint density at radius 3 is 2.30 bits per heavy atom. The Morgan fingerprint density at radius 1 is 1.20 bits per heavy atom. The molecule has 112 valence electrons. The van der Waals surface area contributed by atoms with Crippen LogP contribution >= 0.6 is 0 Å². The first kappa shape index (κ1) is 16.5. The Kier molecular flexibility index (Phi) is 6.05. The van der Waals surface area contributed by atoms with Gasteiger partial charge in [0.2, 0.25) is 0 Å². The SMILES string of the molecule is CCCC(=O)OC(C)COc1ccc(C(C)(C)C)cc1. The number of ether oxygens (including phenoxy) is 2. The molecule has 0 aliphatic carbocycles. The Labute approximate surface area is 122 Å². The van der Waals surface area contributed by atoms with Crippen LogP contribution in [0.4, 0.5) is 0 Å². The predicted octanol–water partition coefficient (Wildman–Crippen LogP) is 4.09. The zero-order valence-corrected chi connectivity index (χ0v) is 13.2. The van der Waals surface area contributed by atoms with E-state index < -0.39 is 0 Å². The number of hydrogen-bond donors (Lipinski definition) is 0. The number of carbonyl (C=O) groups excluding carboxylic acids is 1. The summed E-state index contributed by atoms with van der Waals surface area (Å²) in [6, 6.07) is 8.06. The van der Waals surface area contributed by atoms with Crippen molar-refractivity contribution in [3.63, 3.8) is 0 Å². The number of carbonyl (C=O) groups is 1. The van der Waals surface area contributed by atoms with E-state index in [0.29, 0.717) is 13.0 Å². The van der Waals surface area contributed by atoms with Gasteiger partial charge in [0.25, 0.3) is 0 Å². The van der Waals surface area contributed by atoms with Crippen molar-refractivity contribution in [2.75, 3.05) is 6.61 Å². The van der Waals surface area contributed by atoms with E-state index in [0.717, 1.165) is 12.2 Å². The molecule has 0 heterocycles. The third-order valence-electron chi connectivity index (χ3n) is 2.99. The molecule has 1 aromatic carbocycles. The molecular weight excluding hydrogens is 252 g/mol. The normalized spacial score (nSPS) is 12.8. The maximum Gasteiger partial charge on any atom is 0.306 e. The molecule has 1 aromatic rings. The average molecular weight is 278 g/mol. The van der Waals surface area contributed by atoms with E-state index in [-0.39, 0.29) is 17.5 Å². The summed E-state index contributed by atoms with van der Waals surface area (Å²) in [6.07, 6.45) is 1.04. The van der Waals surface area contributed by atoms with Crippen molar-refractivity contribution in [3.05, 3.63) is 29.8 Å². The highest BCUT2D eigenvalue weighted by atomic mass is 16.6. The molecule has 1 unspecified atom stereocenters. The summed E-state index contributed by atoms with van der Waals surface area (Å²) in [4.78, 5) is 11.3. The summed E-state index contributed by atoms with van der Waals surface area (Å²) < 4.78 is 10.9. The van der Waals surface area contributed by atoms with Gasteiger partial charge in [0, 0.05) is 6.42 Å². The van der Waals surface area contributed by atoms with Crippen LogP contribution in [0.25, 0.3) is 0 Å². The molecule has 0 aromatic heterocycles. The van der Waals surface area contributed by atoms with Gasteiger partial charge in [0.1, 0.15) is 18.5 Å². The average Bonchev–Trinajstić information content (AvgIpc) is 2.36. The summed E-state index contributed by atoms with van der Waals surface area (Å²) in [5.74, 6) is 0.642. The quantitative estimate of drug-likeness (QED) is 0.735. The van der Waals surface area contributed by atoms with Crippen LogP contribution in [-0.2, 0) is 14.9 Å². The molecule has 0 saturated carbocycles. The second-order valence-corrected chi connectivity index (χ2v) is 6.14. The van der Waals surface area contributed by atoms with Gasteiger partial charge in [0.15, 0.2) is 0 Å². The highest BCUT2D eigenvalue weighted by Gasteiger charge is 2.13. The molecule has 3 heteroatoms. The van der Waals surface area contributed by atoms with E-state index in [9.17, 15) is 4.79 Å². The van der Waals surface area contributed by atoms with E-state index in [4.69, 9.17) is 9.47 Å². The maximum atomic E-state index is 11.3. The van der Waals surface area contributed by atoms with E-state index in [1.54, 1.807) is 0 Å². The molecule has 0 fully saturated rings. The number of esters is 1. The molecule has 1 rings (SSSR count). The van der Waals surface area contributed by atoms with E-state index in [2.05, 4.69) is 32.9 Å². The lowest BCUT2D eigenvalue weighted by Gasteiger charge is -2.19. The van der Waals surface area contributed by atoms with Gasteiger partial charge in [0.05, 0.1) is 0 Å². The van der Waals surface area contributed by atoms with Gasteiger partial charge in [-0.2, -0.15) is 0 Å². The molecule has 0 radical (unpaired) electrons. The minimum atomic E-state index is -0.226. The monoisotopic (exact) mass is 278 g/mol. The largest absolute Gasteiger partial charge is 0.490 e. The first-order valence-electron chi connectivity index (χ1n) is 7.25. The molecule has 0 amide bonds. The van der Waals surface area contributed by atoms with Crippen molar-refractivity contribution in [2.24, 2.45) is 0 Å². The second kappa shape index (κ2) is 7.32. The van der Waals surface area contributed by atoms with Gasteiger partial charge in [-0.25, -0.2) is 0 Å². The molecule has 1 atom stereocenters. The Morgan fingerprint density at radius 2 is 1.80 bits per heavy atom. The van der Waals surface area contributed by atoms with Gasteiger partial charge in [-0.05, 0) is 36.5 Å². The lowest BCUT2D eigenvalue weighted by atomic mass is 9.87. The van der Waals surface area contributed by atoms with Crippen LogP contribution in [0.5, 0.6) is 5.75 Å². The molecule has 0 spiro atoms. The minimum absolute atomic E-state index is 0.140. The molecule has 0 saturated heterocycles. The molecule has 3 nitrogen and oxygen atoms in total. The van der Waals surface area contributed by atoms with Crippen molar-refractivity contribution < 1.29 is 14.3 Å². The fourth-order valence-electron chi connectivity index (χ4n) is 1.79. The topological polar surface area (TPSA) is 35.5 Å². The fraction of sp³-hybridized carbons (Fsp3) is 0.588. The van der Waals surface area contributed by atoms with Crippen molar-refractivity contribution in [1.82, 2.24) is 0 Å². The first-order valence-corrected chi connectivity index (χ1v) is 7.25. The summed E-state index contributed by atoms with van der Waals surface area (Å²) >= 11 is 0. The second-order valence-electron chi connectivity index (χ2n) is 6.14. The molecule has 0 bridgehead atoms. The van der Waals surface area contributed by atoms with Crippen LogP contribution in [-0.4, -0.2) is 18.7 Å². The molecular formula is C17H26O3. The first-order chi connectivity index (χ1) is 9.32. The van der Waals surface area contributed by atoms with Crippen LogP contribution in [0, 0.1) is 0 Å². The van der Waals surface area contributed by atoms with Crippen molar-refractivity contribution in [3.8, 4) is 5.75 Å². The predicted molar refractivity (Wildman–Crippen MR) is 81.1 cm³/mol. The zero-order chi connectivity index (χ0) is 15.2. The van der Waals surface area contributed by atoms with Crippen LogP contribution in [0.15, 0.2) is 24.3 Å². The summed E-state index contributed by atoms with van der Waals surface area (Å²) in [7, 11) is 0. The molecule has 0 aliphatic rings. The number of rotatable bonds is 6. The van der Waals surface area contributed by atoms with Gasteiger partial charge >= 0.3 is 5.97 Å². The Balaban J connectivity index is 2.44. The smallest absolute Gasteiger partial charge is 0.306 e. The van der Waals surface area contributed by atoms with Crippen molar-refractivity contribution >= 4 is 5.97 Å². The van der Waals surface area contributed by atoms with Crippen LogP contribution < -0.4 is 4.74 Å². The van der Waals surface area contributed by atoms with Gasteiger partial charge in [-0.15, -0.1) is 0 Å². The van der Waals surface area contributed by atoms with Gasteiger partial charge < -0.3 is 9.47 Å². The van der Waals surface area contributed by atoms with Crippen molar-refractivity contribution in [2.45, 2.75) is 59.0 Å². The highest BCUT2D eigenvalue weighted by molar-refractivity contribution is 5.69. The number of hydrogen-bond acceptors (Lipinski definition) is 3. The van der Waals surface area contributed by atoms with E-state index >= 15 is 0 Å². The van der Waals surface area contributed by atoms with E-state index in [1.165, 1.54) is 5.56 Å². The standard InChI is InChI=1S/C17H26O3/c1-6-7-16(18)20-13(2)12-19-15-10-8-14(9-11-15)17(3,4)5/h8-11,13H,6-7,12H2,1-5H3. The lowest BCUT2D eigenvalue weighted by molar-refractivity contribution is -0.149. The molecule has 20 heavy (non-hydrogen) atoms. The summed E-state index contributed by atoms with van der Waals surface area (Å²) in [6.45, 7) is 10.7. The zero-order valence-electron chi connectivity index (χ0n) is 13.2. The van der Waals surface area contributed by atoms with Crippen LogP contribution in [0.3, 0.4) is 0 Å². The summed E-state index contributed by atoms with van der Waals surface area (Å²) in [5, 5.41) is 0. The van der Waals surface area contributed by atoms with Crippen LogP contribution in [0.1, 0.15) is 53.0 Å². The molecule has 0 N–H and O–H groups in total. The highest BCUT2D eigenvalue weighted by Crippen LogP contribution is 2.24. The van der Waals surface area contributed by atoms with Gasteiger partial charge in [-0.1, -0.05) is 39.8 Å². The Hall–Kier alpha value is -1.51. The van der Waals surface area contributed by atoms with Crippen molar-refractivity contribution in [1.29, 1.82) is 0 Å². The minimum Gasteiger partial charge on any atom is -0.490 e.